The summed E-state index contributed by atoms with van der Waals surface area (Å²) in [5.74, 6) is 1.02. The van der Waals surface area contributed by atoms with Crippen LogP contribution >= 0.6 is 0 Å². The Morgan fingerprint density at radius 2 is 2.26 bits per heavy atom. The lowest BCUT2D eigenvalue weighted by Gasteiger charge is -2.22. The smallest absolute Gasteiger partial charge is 0.131 e. The fourth-order valence-corrected chi connectivity index (χ4v) is 1.90. The maximum atomic E-state index is 4.31. The van der Waals surface area contributed by atoms with Crippen LogP contribution in [0.1, 0.15) is 46.5 Å². The Bertz CT molecular complexity index is 410. The van der Waals surface area contributed by atoms with E-state index in [1.54, 1.807) is 0 Å². The molecule has 0 saturated carbocycles. The summed E-state index contributed by atoms with van der Waals surface area (Å²) in [4.78, 5) is 2.21. The molecule has 1 heterocycles. The second-order valence-electron chi connectivity index (χ2n) is 5.34. The summed E-state index contributed by atoms with van der Waals surface area (Å²) in [5.41, 5.74) is 2.82. The van der Waals surface area contributed by atoms with E-state index in [2.05, 4.69) is 60.5 Å². The molecule has 0 aromatic heterocycles. The average molecular weight is 259 g/mol. The molecule has 0 fully saturated rings. The zero-order valence-electron chi connectivity index (χ0n) is 12.4. The van der Waals surface area contributed by atoms with Crippen LogP contribution in [0.4, 0.5) is 0 Å². The van der Waals surface area contributed by atoms with E-state index in [-0.39, 0.29) is 5.41 Å². The van der Waals surface area contributed by atoms with Crippen LogP contribution < -0.4 is 0 Å². The second kappa shape index (κ2) is 7.75. The van der Waals surface area contributed by atoms with Crippen LogP contribution in [0.3, 0.4) is 0 Å². The molecule has 0 spiro atoms. The summed E-state index contributed by atoms with van der Waals surface area (Å²) in [6.07, 6.45) is 12.4. The van der Waals surface area contributed by atoms with E-state index in [0.29, 0.717) is 0 Å². The summed E-state index contributed by atoms with van der Waals surface area (Å²) < 4.78 is 0. The maximum Gasteiger partial charge on any atom is 0.131 e. The fourth-order valence-electron chi connectivity index (χ4n) is 1.90. The van der Waals surface area contributed by atoms with Gasteiger partial charge in [0.1, 0.15) is 5.84 Å². The summed E-state index contributed by atoms with van der Waals surface area (Å²) in [6, 6.07) is 0. The van der Waals surface area contributed by atoms with Crippen LogP contribution in [0, 0.1) is 5.41 Å². The minimum absolute atomic E-state index is 0.0394. The highest BCUT2D eigenvalue weighted by molar-refractivity contribution is 5.83. The highest BCUT2D eigenvalue weighted by Gasteiger charge is 2.12. The van der Waals surface area contributed by atoms with Crippen molar-refractivity contribution in [3.8, 4) is 0 Å². The van der Waals surface area contributed by atoms with Crippen LogP contribution in [0.15, 0.2) is 40.9 Å². The van der Waals surface area contributed by atoms with Gasteiger partial charge in [0.25, 0.3) is 0 Å². The fraction of sp³-hybridized carbons (Fsp3) is 0.562. The molecule has 19 heavy (non-hydrogen) atoms. The number of allylic oxidation sites excluding steroid dienone is 2. The summed E-state index contributed by atoms with van der Waals surface area (Å²) in [5, 5.41) is 8.44. The Hall–Kier alpha value is -1.60. The Balaban J connectivity index is 2.87. The highest BCUT2D eigenvalue weighted by atomic mass is 15.3. The molecule has 1 rings (SSSR count). The predicted octanol–water partition coefficient (Wildman–Crippen LogP) is 4.15. The molecule has 0 bridgehead atoms. The Morgan fingerprint density at radius 1 is 1.47 bits per heavy atom. The van der Waals surface area contributed by atoms with Gasteiger partial charge in [-0.15, -0.1) is 10.8 Å². The van der Waals surface area contributed by atoms with Crippen molar-refractivity contribution in [3.63, 3.8) is 0 Å². The first kappa shape index (κ1) is 15.5. The van der Waals surface area contributed by atoms with Crippen molar-refractivity contribution in [2.45, 2.75) is 46.5 Å². The van der Waals surface area contributed by atoms with Crippen molar-refractivity contribution >= 4 is 12.1 Å². The van der Waals surface area contributed by atoms with Gasteiger partial charge in [-0.1, -0.05) is 33.4 Å². The van der Waals surface area contributed by atoms with Crippen molar-refractivity contribution in [1.82, 2.24) is 4.90 Å². The SMILES string of the molecule is C=C=CC(C)(C)C=CN1CCCC/C=N/N=C/1CC. The summed E-state index contributed by atoms with van der Waals surface area (Å²) in [7, 11) is 0. The van der Waals surface area contributed by atoms with Gasteiger partial charge in [-0.05, 0) is 25.3 Å². The number of rotatable bonds is 4. The van der Waals surface area contributed by atoms with E-state index >= 15 is 0 Å². The third kappa shape index (κ3) is 5.71. The van der Waals surface area contributed by atoms with Crippen LogP contribution in [0.5, 0.6) is 0 Å². The van der Waals surface area contributed by atoms with Crippen molar-refractivity contribution in [2.75, 3.05) is 6.54 Å². The standard InChI is InChI=1S/C16H25N3/c1-5-10-16(3,4)11-14-19-13-9-7-8-12-17-18-15(19)6-2/h10-12,14H,1,6-9,13H2,2-4H3/b14-11?,17-12+,18-15+. The topological polar surface area (TPSA) is 28.0 Å². The van der Waals surface area contributed by atoms with E-state index in [1.807, 2.05) is 12.3 Å². The molecule has 0 radical (unpaired) electrons. The van der Waals surface area contributed by atoms with Gasteiger partial charge in [-0.3, -0.25) is 0 Å². The number of amidine groups is 1. The molecule has 0 unspecified atom stereocenters. The molecule has 0 amide bonds. The van der Waals surface area contributed by atoms with Gasteiger partial charge in [0, 0.05) is 30.8 Å². The van der Waals surface area contributed by atoms with Gasteiger partial charge < -0.3 is 4.90 Å². The largest absolute Gasteiger partial charge is 0.335 e. The van der Waals surface area contributed by atoms with Gasteiger partial charge in [0.05, 0.1) is 0 Å². The van der Waals surface area contributed by atoms with E-state index in [0.717, 1.165) is 38.1 Å². The molecule has 0 saturated heterocycles. The van der Waals surface area contributed by atoms with Crippen molar-refractivity contribution in [3.05, 3.63) is 30.7 Å². The number of hydrogen-bond donors (Lipinski definition) is 0. The van der Waals surface area contributed by atoms with E-state index < -0.39 is 0 Å². The van der Waals surface area contributed by atoms with Crippen molar-refractivity contribution in [2.24, 2.45) is 15.6 Å². The minimum Gasteiger partial charge on any atom is -0.335 e. The molecule has 1 aliphatic rings. The average Bonchev–Trinajstić information content (AvgIpc) is 2.47. The molecule has 0 N–H and O–H groups in total. The van der Waals surface area contributed by atoms with Crippen LogP contribution in [0.25, 0.3) is 0 Å². The van der Waals surface area contributed by atoms with Gasteiger partial charge in [0.2, 0.25) is 0 Å². The minimum atomic E-state index is -0.0394. The molecular formula is C16H25N3. The van der Waals surface area contributed by atoms with Gasteiger partial charge in [-0.25, -0.2) is 0 Å². The summed E-state index contributed by atoms with van der Waals surface area (Å²) >= 11 is 0. The quantitative estimate of drug-likeness (QED) is 0.697. The molecular weight excluding hydrogens is 234 g/mol. The number of hydrogen-bond acceptors (Lipinski definition) is 3. The Labute approximate surface area is 117 Å². The first-order valence-corrected chi connectivity index (χ1v) is 7.00. The lowest BCUT2D eigenvalue weighted by Crippen LogP contribution is -2.26. The first-order chi connectivity index (χ1) is 9.09. The van der Waals surface area contributed by atoms with Crippen LogP contribution in [-0.2, 0) is 0 Å². The molecule has 0 aliphatic carbocycles. The molecule has 0 aromatic carbocycles. The zero-order valence-corrected chi connectivity index (χ0v) is 12.4. The van der Waals surface area contributed by atoms with Gasteiger partial charge in [-0.2, -0.15) is 5.10 Å². The van der Waals surface area contributed by atoms with Gasteiger partial charge in [0.15, 0.2) is 0 Å². The lowest BCUT2D eigenvalue weighted by atomic mass is 9.93. The molecule has 0 aromatic rings. The van der Waals surface area contributed by atoms with E-state index in [1.165, 1.54) is 0 Å². The Morgan fingerprint density at radius 3 is 2.95 bits per heavy atom. The first-order valence-electron chi connectivity index (χ1n) is 7.00. The van der Waals surface area contributed by atoms with Gasteiger partial charge >= 0.3 is 0 Å². The molecule has 1 aliphatic heterocycles. The van der Waals surface area contributed by atoms with Crippen LogP contribution in [-0.4, -0.2) is 23.5 Å². The zero-order chi connectivity index (χ0) is 14.1. The lowest BCUT2D eigenvalue weighted by molar-refractivity contribution is 0.503. The highest BCUT2D eigenvalue weighted by Crippen LogP contribution is 2.19. The van der Waals surface area contributed by atoms with Crippen molar-refractivity contribution in [1.29, 1.82) is 0 Å². The molecule has 3 heteroatoms. The third-order valence-electron chi connectivity index (χ3n) is 3.04. The van der Waals surface area contributed by atoms with E-state index in [9.17, 15) is 0 Å². The van der Waals surface area contributed by atoms with Crippen molar-refractivity contribution < 1.29 is 0 Å². The number of nitrogens with zero attached hydrogens (tertiary/aromatic N) is 3. The van der Waals surface area contributed by atoms with Crippen LogP contribution in [0.2, 0.25) is 0 Å². The second-order valence-corrected chi connectivity index (χ2v) is 5.34. The molecule has 3 nitrogen and oxygen atoms in total. The predicted molar refractivity (Wildman–Crippen MR) is 83.4 cm³/mol. The Kier molecular flexibility index (Phi) is 6.31. The third-order valence-corrected chi connectivity index (χ3v) is 3.04. The summed E-state index contributed by atoms with van der Waals surface area (Å²) in [6.45, 7) is 11.0. The molecule has 104 valence electrons. The molecule has 0 atom stereocenters. The monoisotopic (exact) mass is 259 g/mol. The normalized spacial score (nSPS) is 21.8. The maximum absolute atomic E-state index is 4.31. The van der Waals surface area contributed by atoms with E-state index in [4.69, 9.17) is 0 Å².